The first-order valence-corrected chi connectivity index (χ1v) is 9.47. The van der Waals surface area contributed by atoms with Crippen LogP contribution in [0.5, 0.6) is 0 Å². The van der Waals surface area contributed by atoms with Crippen LogP contribution in [0.1, 0.15) is 84.0 Å². The Balaban J connectivity index is 2.23. The molecule has 2 saturated carbocycles. The van der Waals surface area contributed by atoms with Crippen LogP contribution in [0.2, 0.25) is 0 Å². The minimum atomic E-state index is -0.778. The Labute approximate surface area is 140 Å². The van der Waals surface area contributed by atoms with Gasteiger partial charge in [0.2, 0.25) is 0 Å². The average Bonchev–Trinajstić information content (AvgIpc) is 2.55. The zero-order chi connectivity index (χ0) is 16.7. The van der Waals surface area contributed by atoms with Crippen molar-refractivity contribution in [1.29, 1.82) is 0 Å². The van der Waals surface area contributed by atoms with Crippen molar-refractivity contribution in [3.63, 3.8) is 0 Å². The van der Waals surface area contributed by atoms with Gasteiger partial charge in [-0.05, 0) is 43.9 Å². The van der Waals surface area contributed by atoms with Crippen molar-refractivity contribution >= 4 is 12.1 Å². The van der Waals surface area contributed by atoms with Gasteiger partial charge in [0.05, 0.1) is 0 Å². The Kier molecular flexibility index (Phi) is 6.72. The first-order valence-electron chi connectivity index (χ1n) is 9.47. The molecule has 0 aromatic carbocycles. The molecule has 2 aliphatic rings. The molecule has 0 spiro atoms. The van der Waals surface area contributed by atoms with Crippen LogP contribution >= 0.6 is 0 Å². The lowest BCUT2D eigenvalue weighted by Crippen LogP contribution is -2.62. The van der Waals surface area contributed by atoms with E-state index in [9.17, 15) is 9.59 Å². The van der Waals surface area contributed by atoms with Crippen LogP contribution in [-0.2, 0) is 0 Å². The van der Waals surface area contributed by atoms with Crippen molar-refractivity contribution in [2.45, 2.75) is 89.5 Å². The molecule has 23 heavy (non-hydrogen) atoms. The molecule has 0 aromatic heterocycles. The third-order valence-electron chi connectivity index (χ3n) is 5.91. The van der Waals surface area contributed by atoms with Gasteiger partial charge in [-0.3, -0.25) is 5.32 Å². The van der Waals surface area contributed by atoms with Crippen LogP contribution in [0.3, 0.4) is 0 Å². The SMILES string of the molecule is CCCC(NC(=O)NC(N)=O)(C1CCCCC1)C1CCCCC1. The fraction of sp³-hybridized carbons (Fsp3) is 0.889. The number of nitrogens with two attached hydrogens (primary N) is 1. The molecule has 4 N–H and O–H groups in total. The number of hydrogen-bond acceptors (Lipinski definition) is 2. The molecule has 4 amide bonds. The Hall–Kier alpha value is -1.26. The maximum atomic E-state index is 12.3. The third kappa shape index (κ3) is 4.61. The zero-order valence-electron chi connectivity index (χ0n) is 14.5. The van der Waals surface area contributed by atoms with Gasteiger partial charge in [0.1, 0.15) is 0 Å². The van der Waals surface area contributed by atoms with Gasteiger partial charge in [-0.25, -0.2) is 9.59 Å². The lowest BCUT2D eigenvalue weighted by molar-refractivity contribution is 0.0679. The summed E-state index contributed by atoms with van der Waals surface area (Å²) in [7, 11) is 0. The highest BCUT2D eigenvalue weighted by Gasteiger charge is 2.46. The maximum Gasteiger partial charge on any atom is 0.323 e. The molecule has 2 fully saturated rings. The monoisotopic (exact) mass is 323 g/mol. The van der Waals surface area contributed by atoms with Crippen molar-refractivity contribution in [3.8, 4) is 0 Å². The summed E-state index contributed by atoms with van der Waals surface area (Å²) in [4.78, 5) is 23.4. The number of hydrogen-bond donors (Lipinski definition) is 3. The quantitative estimate of drug-likeness (QED) is 0.712. The van der Waals surface area contributed by atoms with E-state index in [2.05, 4.69) is 17.6 Å². The van der Waals surface area contributed by atoms with Gasteiger partial charge < -0.3 is 11.1 Å². The smallest absolute Gasteiger partial charge is 0.323 e. The standard InChI is InChI=1S/C18H33N3O2/c1-2-13-18(14-9-5-3-6-10-14,15-11-7-4-8-12-15)21-17(23)20-16(19)22/h14-15H,2-13H2,1H3,(H4,19,20,21,22,23). The number of primary amides is 1. The average molecular weight is 323 g/mol. The highest BCUT2D eigenvalue weighted by molar-refractivity contribution is 5.92. The van der Waals surface area contributed by atoms with Gasteiger partial charge in [0, 0.05) is 5.54 Å². The van der Waals surface area contributed by atoms with Crippen molar-refractivity contribution in [1.82, 2.24) is 10.6 Å². The van der Waals surface area contributed by atoms with Gasteiger partial charge in [0.15, 0.2) is 0 Å². The van der Waals surface area contributed by atoms with Crippen LogP contribution in [0, 0.1) is 11.8 Å². The summed E-state index contributed by atoms with van der Waals surface area (Å²) < 4.78 is 0. The Morgan fingerprint density at radius 2 is 1.43 bits per heavy atom. The van der Waals surface area contributed by atoms with Crippen LogP contribution in [0.4, 0.5) is 9.59 Å². The molecule has 5 nitrogen and oxygen atoms in total. The molecule has 2 rings (SSSR count). The largest absolute Gasteiger partial charge is 0.351 e. The second-order valence-corrected chi connectivity index (χ2v) is 7.40. The molecule has 0 bridgehead atoms. The molecular formula is C18H33N3O2. The number of carbonyl (C=O) groups excluding carboxylic acids is 2. The predicted octanol–water partition coefficient (Wildman–Crippen LogP) is 4.06. The normalized spacial score (nSPS) is 20.9. The second-order valence-electron chi connectivity index (χ2n) is 7.40. The molecule has 0 heterocycles. The van der Waals surface area contributed by atoms with Crippen LogP contribution in [-0.4, -0.2) is 17.6 Å². The lowest BCUT2D eigenvalue weighted by Gasteiger charge is -2.50. The van der Waals surface area contributed by atoms with E-state index in [1.54, 1.807) is 0 Å². The van der Waals surface area contributed by atoms with E-state index in [0.29, 0.717) is 11.8 Å². The van der Waals surface area contributed by atoms with Gasteiger partial charge in [-0.1, -0.05) is 51.9 Å². The first-order chi connectivity index (χ1) is 11.1. The summed E-state index contributed by atoms with van der Waals surface area (Å²) in [5.74, 6) is 1.05. The van der Waals surface area contributed by atoms with Crippen LogP contribution in [0.25, 0.3) is 0 Å². The Morgan fingerprint density at radius 1 is 0.957 bits per heavy atom. The number of nitrogens with one attached hydrogen (secondary N) is 2. The molecule has 2 aliphatic carbocycles. The maximum absolute atomic E-state index is 12.3. The molecule has 0 radical (unpaired) electrons. The van der Waals surface area contributed by atoms with Crippen LogP contribution < -0.4 is 16.4 Å². The van der Waals surface area contributed by atoms with E-state index in [1.807, 2.05) is 0 Å². The molecule has 0 aliphatic heterocycles. The third-order valence-corrected chi connectivity index (χ3v) is 5.91. The van der Waals surface area contributed by atoms with E-state index in [4.69, 9.17) is 5.73 Å². The van der Waals surface area contributed by atoms with Crippen molar-refractivity contribution in [2.75, 3.05) is 0 Å². The van der Waals surface area contributed by atoms with E-state index in [0.717, 1.165) is 12.8 Å². The fourth-order valence-corrected chi connectivity index (χ4v) is 5.01. The van der Waals surface area contributed by atoms with E-state index in [1.165, 1.54) is 64.2 Å². The van der Waals surface area contributed by atoms with Crippen molar-refractivity contribution in [3.05, 3.63) is 0 Å². The summed E-state index contributed by atoms with van der Waals surface area (Å²) in [6.45, 7) is 2.19. The minimum absolute atomic E-state index is 0.172. The number of carbonyl (C=O) groups is 2. The summed E-state index contributed by atoms with van der Waals surface area (Å²) in [5.41, 5.74) is 4.96. The van der Waals surface area contributed by atoms with Gasteiger partial charge >= 0.3 is 12.1 Å². The summed E-state index contributed by atoms with van der Waals surface area (Å²) in [6.07, 6.45) is 14.4. The molecule has 0 aromatic rings. The topological polar surface area (TPSA) is 84.2 Å². The van der Waals surface area contributed by atoms with E-state index in [-0.39, 0.29) is 5.54 Å². The molecule has 0 saturated heterocycles. The van der Waals surface area contributed by atoms with Gasteiger partial charge in [0.25, 0.3) is 0 Å². The Bertz CT molecular complexity index is 381. The number of urea groups is 2. The van der Waals surface area contributed by atoms with Crippen LogP contribution in [0.15, 0.2) is 0 Å². The first kappa shape index (κ1) is 18.1. The molecular weight excluding hydrogens is 290 g/mol. The number of rotatable bonds is 5. The van der Waals surface area contributed by atoms with Crippen molar-refractivity contribution in [2.24, 2.45) is 17.6 Å². The predicted molar refractivity (Wildman–Crippen MR) is 92.0 cm³/mol. The number of imide groups is 1. The summed E-state index contributed by atoms with van der Waals surface area (Å²) >= 11 is 0. The summed E-state index contributed by atoms with van der Waals surface area (Å²) in [6, 6.07) is -1.19. The Morgan fingerprint density at radius 3 is 1.83 bits per heavy atom. The highest BCUT2D eigenvalue weighted by atomic mass is 16.2. The van der Waals surface area contributed by atoms with Crippen molar-refractivity contribution < 1.29 is 9.59 Å². The molecule has 132 valence electrons. The zero-order valence-corrected chi connectivity index (χ0v) is 14.5. The minimum Gasteiger partial charge on any atom is -0.351 e. The van der Waals surface area contributed by atoms with E-state index < -0.39 is 12.1 Å². The fourth-order valence-electron chi connectivity index (χ4n) is 5.01. The van der Waals surface area contributed by atoms with E-state index >= 15 is 0 Å². The van der Waals surface area contributed by atoms with Gasteiger partial charge in [-0.15, -0.1) is 0 Å². The lowest BCUT2D eigenvalue weighted by atomic mass is 9.62. The van der Waals surface area contributed by atoms with Gasteiger partial charge in [-0.2, -0.15) is 0 Å². The summed E-state index contributed by atoms with van der Waals surface area (Å²) in [5, 5.41) is 5.47. The number of amides is 4. The molecule has 0 atom stereocenters. The second kappa shape index (κ2) is 8.55. The molecule has 5 heteroatoms. The molecule has 0 unspecified atom stereocenters. The highest BCUT2D eigenvalue weighted by Crippen LogP contribution is 2.45.